The first kappa shape index (κ1) is 15.6. The topological polar surface area (TPSA) is 55.4 Å². The van der Waals surface area contributed by atoms with Crippen LogP contribution in [0.5, 0.6) is 5.75 Å². The van der Waals surface area contributed by atoms with Crippen LogP contribution in [0.4, 0.5) is 0 Å². The van der Waals surface area contributed by atoms with Crippen molar-refractivity contribution < 1.29 is 13.2 Å². The average molecular weight is 318 g/mol. The summed E-state index contributed by atoms with van der Waals surface area (Å²) in [5.74, 6) is 0.655. The molecule has 1 fully saturated rings. The number of hydrogen-bond acceptors (Lipinski definition) is 4. The van der Waals surface area contributed by atoms with Gasteiger partial charge in [0.2, 0.25) is 0 Å². The van der Waals surface area contributed by atoms with Crippen LogP contribution in [0.1, 0.15) is 19.3 Å². The number of ether oxygens (including phenoxy) is 1. The van der Waals surface area contributed by atoms with Gasteiger partial charge in [-0.05, 0) is 25.0 Å². The zero-order valence-corrected chi connectivity index (χ0v) is 13.1. The van der Waals surface area contributed by atoms with Crippen LogP contribution < -0.4 is 10.1 Å². The molecule has 1 N–H and O–H groups in total. The van der Waals surface area contributed by atoms with Crippen LogP contribution >= 0.6 is 11.6 Å². The lowest BCUT2D eigenvalue weighted by molar-refractivity contribution is 0.305. The number of benzene rings is 1. The van der Waals surface area contributed by atoms with Crippen molar-refractivity contribution in [1.29, 1.82) is 0 Å². The fourth-order valence-electron chi connectivity index (χ4n) is 2.64. The molecule has 1 aliphatic carbocycles. The molecule has 2 rings (SSSR count). The van der Waals surface area contributed by atoms with Crippen LogP contribution in [-0.4, -0.2) is 39.1 Å². The fourth-order valence-corrected chi connectivity index (χ4v) is 4.25. The molecule has 112 valence electrons. The molecule has 0 aromatic heterocycles. The van der Waals surface area contributed by atoms with Gasteiger partial charge in [0.05, 0.1) is 10.3 Å². The van der Waals surface area contributed by atoms with E-state index in [0.29, 0.717) is 23.9 Å². The van der Waals surface area contributed by atoms with Crippen molar-refractivity contribution in [2.45, 2.75) is 30.6 Å². The molecule has 2 atom stereocenters. The lowest BCUT2D eigenvalue weighted by atomic mass is 10.2. The Hall–Kier alpha value is -0.780. The molecular weight excluding hydrogens is 298 g/mol. The van der Waals surface area contributed by atoms with E-state index < -0.39 is 9.84 Å². The van der Waals surface area contributed by atoms with E-state index in [9.17, 15) is 8.42 Å². The van der Waals surface area contributed by atoms with E-state index in [4.69, 9.17) is 16.3 Å². The first-order chi connectivity index (χ1) is 9.48. The second-order valence-corrected chi connectivity index (χ2v) is 7.81. The Balaban J connectivity index is 1.78. The van der Waals surface area contributed by atoms with Gasteiger partial charge in [-0.15, -0.1) is 0 Å². The summed E-state index contributed by atoms with van der Waals surface area (Å²) in [5.41, 5.74) is 0. The lowest BCUT2D eigenvalue weighted by Gasteiger charge is -2.19. The van der Waals surface area contributed by atoms with E-state index in [2.05, 4.69) is 5.32 Å². The minimum absolute atomic E-state index is 0.0415. The maximum atomic E-state index is 11.7. The predicted molar refractivity (Wildman–Crippen MR) is 81.2 cm³/mol. The van der Waals surface area contributed by atoms with E-state index in [1.165, 1.54) is 6.26 Å². The third-order valence-electron chi connectivity index (χ3n) is 3.61. The molecule has 20 heavy (non-hydrogen) atoms. The highest BCUT2D eigenvalue weighted by Crippen LogP contribution is 2.25. The molecule has 1 aromatic rings. The zero-order valence-electron chi connectivity index (χ0n) is 11.5. The Morgan fingerprint density at radius 1 is 1.35 bits per heavy atom. The van der Waals surface area contributed by atoms with Gasteiger partial charge in [0, 0.05) is 18.8 Å². The number of halogens is 1. The van der Waals surface area contributed by atoms with Crippen molar-refractivity contribution in [3.63, 3.8) is 0 Å². The molecule has 1 aromatic carbocycles. The summed E-state index contributed by atoms with van der Waals surface area (Å²) in [4.78, 5) is 0. The lowest BCUT2D eigenvalue weighted by Crippen LogP contribution is -2.41. The van der Waals surface area contributed by atoms with E-state index in [0.717, 1.165) is 19.3 Å². The van der Waals surface area contributed by atoms with Crippen LogP contribution in [0, 0.1) is 0 Å². The molecule has 0 aliphatic heterocycles. The number of hydrogen-bond donors (Lipinski definition) is 1. The van der Waals surface area contributed by atoms with E-state index in [1.54, 1.807) is 6.07 Å². The molecule has 0 amide bonds. The molecule has 1 aliphatic rings. The maximum Gasteiger partial charge on any atom is 0.151 e. The van der Waals surface area contributed by atoms with Crippen LogP contribution in [0.2, 0.25) is 5.02 Å². The maximum absolute atomic E-state index is 11.7. The summed E-state index contributed by atoms with van der Waals surface area (Å²) in [6.07, 6.45) is 3.93. The van der Waals surface area contributed by atoms with Crippen molar-refractivity contribution >= 4 is 21.4 Å². The van der Waals surface area contributed by atoms with Gasteiger partial charge in [0.1, 0.15) is 12.4 Å². The first-order valence-electron chi connectivity index (χ1n) is 6.78. The molecule has 1 saturated carbocycles. The molecule has 0 radical (unpaired) electrons. The third-order valence-corrected chi connectivity index (χ3v) is 5.58. The zero-order chi connectivity index (χ0) is 14.6. The summed E-state index contributed by atoms with van der Waals surface area (Å²) >= 11 is 5.99. The Morgan fingerprint density at radius 2 is 2.10 bits per heavy atom. The van der Waals surface area contributed by atoms with Gasteiger partial charge >= 0.3 is 0 Å². The Morgan fingerprint density at radius 3 is 2.80 bits per heavy atom. The highest BCUT2D eigenvalue weighted by molar-refractivity contribution is 7.91. The molecule has 0 unspecified atom stereocenters. The Labute approximate surface area is 125 Å². The van der Waals surface area contributed by atoms with Crippen molar-refractivity contribution in [2.75, 3.05) is 19.4 Å². The predicted octanol–water partition coefficient (Wildman–Crippen LogP) is 2.27. The molecule has 0 saturated heterocycles. The summed E-state index contributed by atoms with van der Waals surface area (Å²) in [7, 11) is -2.97. The van der Waals surface area contributed by atoms with Crippen LogP contribution in [0.15, 0.2) is 24.3 Å². The van der Waals surface area contributed by atoms with Gasteiger partial charge in [-0.25, -0.2) is 8.42 Å². The number of rotatable bonds is 6. The average Bonchev–Trinajstić information content (AvgIpc) is 2.85. The highest BCUT2D eigenvalue weighted by atomic mass is 35.5. The second kappa shape index (κ2) is 6.78. The van der Waals surface area contributed by atoms with Gasteiger partial charge in [0.15, 0.2) is 9.84 Å². The molecule has 0 bridgehead atoms. The van der Waals surface area contributed by atoms with Gasteiger partial charge < -0.3 is 10.1 Å². The minimum atomic E-state index is -2.97. The van der Waals surface area contributed by atoms with E-state index in [-0.39, 0.29) is 11.3 Å². The summed E-state index contributed by atoms with van der Waals surface area (Å²) in [6, 6.07) is 7.35. The van der Waals surface area contributed by atoms with Crippen LogP contribution in [0.25, 0.3) is 0 Å². The monoisotopic (exact) mass is 317 g/mol. The molecule has 4 nitrogen and oxygen atoms in total. The van der Waals surface area contributed by atoms with Crippen molar-refractivity contribution in [3.8, 4) is 5.75 Å². The normalized spacial score (nSPS) is 22.9. The Kier molecular flexibility index (Phi) is 5.29. The molecular formula is C14H20ClNO3S. The fraction of sp³-hybridized carbons (Fsp3) is 0.571. The van der Waals surface area contributed by atoms with Crippen LogP contribution in [0.3, 0.4) is 0 Å². The quantitative estimate of drug-likeness (QED) is 0.818. The number of sulfone groups is 1. The first-order valence-corrected chi connectivity index (χ1v) is 9.11. The van der Waals surface area contributed by atoms with E-state index >= 15 is 0 Å². The summed E-state index contributed by atoms with van der Waals surface area (Å²) in [6.45, 7) is 1.08. The Bertz CT molecular complexity index is 547. The number of nitrogens with one attached hydrogen (secondary N) is 1. The molecule has 6 heteroatoms. The third kappa shape index (κ3) is 4.11. The summed E-state index contributed by atoms with van der Waals surface area (Å²) in [5, 5.41) is 3.60. The number of para-hydroxylation sites is 1. The van der Waals surface area contributed by atoms with Crippen molar-refractivity contribution in [3.05, 3.63) is 29.3 Å². The van der Waals surface area contributed by atoms with Gasteiger partial charge in [-0.2, -0.15) is 0 Å². The van der Waals surface area contributed by atoms with Gasteiger partial charge in [-0.3, -0.25) is 0 Å². The SMILES string of the molecule is CS(=O)(=O)[C@H]1CCC[C@H]1NCCOc1ccccc1Cl. The highest BCUT2D eigenvalue weighted by Gasteiger charge is 2.34. The standard InChI is InChI=1S/C14H20ClNO3S/c1-20(17,18)14-8-4-6-12(14)16-9-10-19-13-7-3-2-5-11(13)15/h2-3,5,7,12,14,16H,4,6,8-10H2,1H3/t12-,14+/m1/s1. The summed E-state index contributed by atoms with van der Waals surface area (Å²) < 4.78 is 28.9. The van der Waals surface area contributed by atoms with Crippen LogP contribution in [-0.2, 0) is 9.84 Å². The smallest absolute Gasteiger partial charge is 0.151 e. The van der Waals surface area contributed by atoms with Gasteiger partial charge in [-0.1, -0.05) is 30.2 Å². The molecule has 0 heterocycles. The second-order valence-electron chi connectivity index (χ2n) is 5.14. The van der Waals surface area contributed by atoms with Crippen molar-refractivity contribution in [1.82, 2.24) is 5.32 Å². The molecule has 0 spiro atoms. The van der Waals surface area contributed by atoms with E-state index in [1.807, 2.05) is 18.2 Å². The van der Waals surface area contributed by atoms with Gasteiger partial charge in [0.25, 0.3) is 0 Å². The largest absolute Gasteiger partial charge is 0.491 e. The van der Waals surface area contributed by atoms with Crippen molar-refractivity contribution in [2.24, 2.45) is 0 Å². The minimum Gasteiger partial charge on any atom is -0.491 e.